The predicted molar refractivity (Wildman–Crippen MR) is 87.5 cm³/mol. The molecule has 0 bridgehead atoms. The van der Waals surface area contributed by atoms with Crippen molar-refractivity contribution in [2.24, 2.45) is 0 Å². The fraction of sp³-hybridized carbons (Fsp3) is 0.118. The fourth-order valence-electron chi connectivity index (χ4n) is 2.15. The Hall–Kier alpha value is -3.35. The maximum absolute atomic E-state index is 11.9. The zero-order chi connectivity index (χ0) is 16.9. The summed E-state index contributed by atoms with van der Waals surface area (Å²) in [6.07, 6.45) is 7.56. The topological polar surface area (TPSA) is 85.8 Å². The van der Waals surface area contributed by atoms with E-state index in [1.54, 1.807) is 48.0 Å². The number of amides is 1. The summed E-state index contributed by atoms with van der Waals surface area (Å²) in [5, 5.41) is 6.81. The van der Waals surface area contributed by atoms with Crippen molar-refractivity contribution in [3.05, 3.63) is 60.3 Å². The molecule has 7 heteroatoms. The number of furan rings is 1. The van der Waals surface area contributed by atoms with E-state index in [-0.39, 0.29) is 12.5 Å². The lowest BCUT2D eigenvalue weighted by atomic mass is 10.2. The first kappa shape index (κ1) is 15.5. The number of rotatable bonds is 5. The van der Waals surface area contributed by atoms with E-state index in [1.165, 1.54) is 18.5 Å². The summed E-state index contributed by atoms with van der Waals surface area (Å²) in [6, 6.07) is 6.83. The number of anilines is 1. The lowest BCUT2D eigenvalue weighted by molar-refractivity contribution is -0.111. The summed E-state index contributed by atoms with van der Waals surface area (Å²) in [5.41, 5.74) is 1.45. The minimum Gasteiger partial charge on any atom is -0.465 e. The number of esters is 1. The number of nitrogens with zero attached hydrogens (tertiary/aromatic N) is 2. The van der Waals surface area contributed by atoms with E-state index < -0.39 is 5.97 Å². The van der Waals surface area contributed by atoms with E-state index in [9.17, 15) is 9.59 Å². The van der Waals surface area contributed by atoms with Gasteiger partial charge in [-0.05, 0) is 37.3 Å². The monoisotopic (exact) mass is 325 g/mol. The fourth-order valence-corrected chi connectivity index (χ4v) is 2.15. The highest BCUT2D eigenvalue weighted by molar-refractivity contribution is 6.03. The predicted octanol–water partition coefficient (Wildman–Crippen LogP) is 2.76. The first-order valence-corrected chi connectivity index (χ1v) is 7.34. The van der Waals surface area contributed by atoms with Gasteiger partial charge in [-0.25, -0.2) is 9.31 Å². The molecule has 0 saturated heterocycles. The third kappa shape index (κ3) is 3.35. The number of aromatic nitrogens is 2. The molecule has 0 saturated carbocycles. The zero-order valence-corrected chi connectivity index (χ0v) is 12.9. The number of carbonyl (C=O) groups excluding carboxylic acids is 2. The summed E-state index contributed by atoms with van der Waals surface area (Å²) in [4.78, 5) is 23.9. The van der Waals surface area contributed by atoms with Gasteiger partial charge in [0.25, 0.3) is 0 Å². The van der Waals surface area contributed by atoms with Gasteiger partial charge in [-0.3, -0.25) is 4.79 Å². The Morgan fingerprint density at radius 1 is 1.42 bits per heavy atom. The third-order valence-corrected chi connectivity index (χ3v) is 3.23. The highest BCUT2D eigenvalue weighted by Crippen LogP contribution is 2.17. The highest BCUT2D eigenvalue weighted by atomic mass is 16.5. The van der Waals surface area contributed by atoms with Gasteiger partial charge in [0.15, 0.2) is 0 Å². The Balaban J connectivity index is 1.78. The Morgan fingerprint density at radius 3 is 3.04 bits per heavy atom. The summed E-state index contributed by atoms with van der Waals surface area (Å²) in [6.45, 7) is 2.02. The van der Waals surface area contributed by atoms with E-state index in [2.05, 4.69) is 10.4 Å². The number of ether oxygens (including phenoxy) is 1. The number of nitrogens with one attached hydrogen (secondary N) is 1. The van der Waals surface area contributed by atoms with Crippen LogP contribution in [0.2, 0.25) is 0 Å². The van der Waals surface area contributed by atoms with Crippen molar-refractivity contribution in [2.45, 2.75) is 6.92 Å². The summed E-state index contributed by atoms with van der Waals surface area (Å²) in [5.74, 6) is -0.178. The minimum atomic E-state index is -0.450. The number of pyridine rings is 1. The number of carbonyl (C=O) groups is 2. The highest BCUT2D eigenvalue weighted by Gasteiger charge is 2.14. The maximum Gasteiger partial charge on any atom is 0.341 e. The van der Waals surface area contributed by atoms with Crippen molar-refractivity contribution in [3.63, 3.8) is 0 Å². The van der Waals surface area contributed by atoms with Gasteiger partial charge in [-0.15, -0.1) is 0 Å². The quantitative estimate of drug-likeness (QED) is 0.576. The van der Waals surface area contributed by atoms with Gasteiger partial charge >= 0.3 is 5.97 Å². The van der Waals surface area contributed by atoms with Gasteiger partial charge in [0.1, 0.15) is 11.3 Å². The van der Waals surface area contributed by atoms with Gasteiger partial charge in [0, 0.05) is 18.0 Å². The standard InChI is InChI=1S/C17H15N3O4/c1-2-23-17(22)14-11-18-20-8-7-12(10-15(14)20)19-16(21)6-5-13-4-3-9-24-13/h3-11H,2H2,1H3,(H,19,21)/b6-5+. The molecule has 24 heavy (non-hydrogen) atoms. The van der Waals surface area contributed by atoms with Gasteiger partial charge in [-0.2, -0.15) is 5.10 Å². The number of fused-ring (bicyclic) bond motifs is 1. The molecule has 3 rings (SSSR count). The molecule has 0 aliphatic heterocycles. The van der Waals surface area contributed by atoms with Crippen LogP contribution in [0, 0.1) is 0 Å². The molecule has 3 aromatic heterocycles. The summed E-state index contributed by atoms with van der Waals surface area (Å²) in [7, 11) is 0. The Labute approximate surface area is 137 Å². The normalized spacial score (nSPS) is 11.0. The second-order valence-electron chi connectivity index (χ2n) is 4.86. The van der Waals surface area contributed by atoms with Crippen molar-refractivity contribution >= 4 is 29.2 Å². The molecular weight excluding hydrogens is 310 g/mol. The molecular formula is C17H15N3O4. The largest absolute Gasteiger partial charge is 0.465 e. The van der Waals surface area contributed by atoms with E-state index in [1.807, 2.05) is 0 Å². The van der Waals surface area contributed by atoms with Crippen LogP contribution in [0.4, 0.5) is 5.69 Å². The minimum absolute atomic E-state index is 0.282. The summed E-state index contributed by atoms with van der Waals surface area (Å²) < 4.78 is 11.7. The third-order valence-electron chi connectivity index (χ3n) is 3.23. The average Bonchev–Trinajstić information content (AvgIpc) is 3.22. The molecule has 1 amide bonds. The van der Waals surface area contributed by atoms with Crippen LogP contribution >= 0.6 is 0 Å². The molecule has 122 valence electrons. The molecule has 1 N–H and O–H groups in total. The Kier molecular flexibility index (Phi) is 4.42. The molecule has 0 spiro atoms. The summed E-state index contributed by atoms with van der Waals surface area (Å²) >= 11 is 0. The zero-order valence-electron chi connectivity index (χ0n) is 12.9. The van der Waals surface area contributed by atoms with Crippen LogP contribution in [0.5, 0.6) is 0 Å². The second kappa shape index (κ2) is 6.82. The molecule has 3 heterocycles. The number of hydrogen-bond acceptors (Lipinski definition) is 5. The van der Waals surface area contributed by atoms with Crippen LogP contribution < -0.4 is 5.32 Å². The van der Waals surface area contributed by atoms with E-state index in [0.29, 0.717) is 22.5 Å². The van der Waals surface area contributed by atoms with E-state index >= 15 is 0 Å². The lowest BCUT2D eigenvalue weighted by Crippen LogP contribution is -2.08. The first-order chi connectivity index (χ1) is 11.7. The van der Waals surface area contributed by atoms with Crippen LogP contribution in [-0.4, -0.2) is 28.1 Å². The molecule has 0 unspecified atom stereocenters. The smallest absolute Gasteiger partial charge is 0.341 e. The molecule has 0 fully saturated rings. The molecule has 0 atom stereocenters. The molecule has 0 aliphatic rings. The molecule has 3 aromatic rings. The average molecular weight is 325 g/mol. The van der Waals surface area contributed by atoms with Crippen LogP contribution in [-0.2, 0) is 9.53 Å². The van der Waals surface area contributed by atoms with Crippen LogP contribution in [0.15, 0.2) is 53.4 Å². The van der Waals surface area contributed by atoms with E-state index in [4.69, 9.17) is 9.15 Å². The van der Waals surface area contributed by atoms with E-state index in [0.717, 1.165) is 0 Å². The second-order valence-corrected chi connectivity index (χ2v) is 4.86. The Morgan fingerprint density at radius 2 is 2.29 bits per heavy atom. The van der Waals surface area contributed by atoms with Crippen LogP contribution in [0.1, 0.15) is 23.0 Å². The van der Waals surface area contributed by atoms with Crippen LogP contribution in [0.3, 0.4) is 0 Å². The lowest BCUT2D eigenvalue weighted by Gasteiger charge is -2.04. The van der Waals surface area contributed by atoms with Crippen molar-refractivity contribution < 1.29 is 18.7 Å². The molecule has 0 aromatic carbocycles. The van der Waals surface area contributed by atoms with Crippen molar-refractivity contribution in [1.82, 2.24) is 9.61 Å². The van der Waals surface area contributed by atoms with Gasteiger partial charge < -0.3 is 14.5 Å². The van der Waals surface area contributed by atoms with Crippen LogP contribution in [0.25, 0.3) is 11.6 Å². The van der Waals surface area contributed by atoms with Gasteiger partial charge in [0.2, 0.25) is 5.91 Å². The van der Waals surface area contributed by atoms with Crippen molar-refractivity contribution in [1.29, 1.82) is 0 Å². The van der Waals surface area contributed by atoms with Crippen molar-refractivity contribution in [2.75, 3.05) is 11.9 Å². The van der Waals surface area contributed by atoms with Gasteiger partial charge in [-0.1, -0.05) is 0 Å². The van der Waals surface area contributed by atoms with Gasteiger partial charge in [0.05, 0.1) is 24.6 Å². The SMILES string of the molecule is CCOC(=O)c1cnn2ccc(NC(=O)/C=C/c3ccco3)cc12. The molecule has 7 nitrogen and oxygen atoms in total. The molecule has 0 aliphatic carbocycles. The molecule has 0 radical (unpaired) electrons. The Bertz CT molecular complexity index is 894. The first-order valence-electron chi connectivity index (χ1n) is 7.34. The van der Waals surface area contributed by atoms with Crippen molar-refractivity contribution in [3.8, 4) is 0 Å². The maximum atomic E-state index is 11.9. The number of hydrogen-bond donors (Lipinski definition) is 1.